The molecule has 2 aromatic carbocycles. The molecule has 1 amide bonds. The van der Waals surface area contributed by atoms with E-state index < -0.39 is 36.9 Å². The monoisotopic (exact) mass is 461 g/mol. The lowest BCUT2D eigenvalue weighted by atomic mass is 10.3. The second-order valence-corrected chi connectivity index (χ2v) is 6.35. The van der Waals surface area contributed by atoms with Crippen LogP contribution in [0.1, 0.15) is 5.69 Å². The van der Waals surface area contributed by atoms with Crippen LogP contribution in [0.3, 0.4) is 0 Å². The lowest BCUT2D eigenvalue weighted by Crippen LogP contribution is -2.21. The lowest BCUT2D eigenvalue weighted by molar-refractivity contribution is -0.141. The van der Waals surface area contributed by atoms with Gasteiger partial charge in [0.15, 0.2) is 12.3 Å². The summed E-state index contributed by atoms with van der Waals surface area (Å²) in [5.41, 5.74) is -1.21. The molecule has 1 N–H and O–H groups in total. The number of alkyl halides is 5. The molecule has 0 atom stereocenters. The van der Waals surface area contributed by atoms with Crippen molar-refractivity contribution in [1.82, 2.24) is 9.78 Å². The topological polar surface area (TPSA) is 65.4 Å². The Bertz CT molecular complexity index is 1070. The molecule has 31 heavy (non-hydrogen) atoms. The van der Waals surface area contributed by atoms with Gasteiger partial charge in [0.25, 0.3) is 5.91 Å². The number of anilines is 1. The highest BCUT2D eigenvalue weighted by atomic mass is 35.5. The van der Waals surface area contributed by atoms with Gasteiger partial charge in [-0.05, 0) is 24.3 Å². The number of aromatic nitrogens is 2. The van der Waals surface area contributed by atoms with Crippen molar-refractivity contribution >= 4 is 23.2 Å². The number of carbonyl (C=O) groups excluding carboxylic acids is 1. The second-order valence-electron chi connectivity index (χ2n) is 5.94. The number of para-hydroxylation sites is 3. The molecule has 3 rings (SSSR count). The molecule has 0 saturated carbocycles. The third kappa shape index (κ3) is 5.63. The van der Waals surface area contributed by atoms with Gasteiger partial charge in [-0.2, -0.15) is 31.7 Å². The summed E-state index contributed by atoms with van der Waals surface area (Å²) in [5.74, 6) is -1.51. The average Bonchev–Trinajstić information content (AvgIpc) is 3.12. The van der Waals surface area contributed by atoms with E-state index in [0.29, 0.717) is 6.07 Å². The summed E-state index contributed by atoms with van der Waals surface area (Å²) in [4.78, 5) is 12.2. The summed E-state index contributed by atoms with van der Waals surface area (Å²) < 4.78 is 74.6. The predicted molar refractivity (Wildman–Crippen MR) is 101 cm³/mol. The fourth-order valence-electron chi connectivity index (χ4n) is 2.50. The standard InChI is InChI=1S/C19H13ClF5N3O3/c20-11-5-1-3-7-13(11)28-17(9-15(27-28)19(23,24)25)30-10-16(29)26-12-6-2-4-8-14(12)31-18(21)22/h1-9,18H,10H2,(H,26,29). The van der Waals surface area contributed by atoms with Gasteiger partial charge in [-0.1, -0.05) is 35.9 Å². The van der Waals surface area contributed by atoms with E-state index in [9.17, 15) is 26.7 Å². The highest BCUT2D eigenvalue weighted by molar-refractivity contribution is 6.32. The van der Waals surface area contributed by atoms with Gasteiger partial charge in [-0.25, -0.2) is 0 Å². The maximum atomic E-state index is 13.1. The molecule has 0 fully saturated rings. The molecular formula is C19H13ClF5N3O3. The zero-order valence-electron chi connectivity index (χ0n) is 15.4. The van der Waals surface area contributed by atoms with Crippen molar-refractivity contribution in [2.45, 2.75) is 12.8 Å². The molecule has 0 saturated heterocycles. The molecule has 0 radical (unpaired) electrons. The number of hydrogen-bond acceptors (Lipinski definition) is 4. The maximum Gasteiger partial charge on any atom is 0.435 e. The van der Waals surface area contributed by atoms with Gasteiger partial charge >= 0.3 is 12.8 Å². The van der Waals surface area contributed by atoms with Gasteiger partial charge < -0.3 is 14.8 Å². The molecule has 0 bridgehead atoms. The molecule has 0 aliphatic carbocycles. The quantitative estimate of drug-likeness (QED) is 0.493. The fraction of sp³-hybridized carbons (Fsp3) is 0.158. The number of rotatable bonds is 7. The zero-order valence-corrected chi connectivity index (χ0v) is 16.1. The summed E-state index contributed by atoms with van der Waals surface area (Å²) in [6.45, 7) is -3.85. The van der Waals surface area contributed by atoms with E-state index >= 15 is 0 Å². The fourth-order valence-corrected chi connectivity index (χ4v) is 2.71. The highest BCUT2D eigenvalue weighted by Crippen LogP contribution is 2.33. The molecule has 0 aliphatic heterocycles. The zero-order chi connectivity index (χ0) is 22.6. The predicted octanol–water partition coefficient (Wildman–Crippen LogP) is 5.16. The molecule has 1 aromatic heterocycles. The average molecular weight is 462 g/mol. The van der Waals surface area contributed by atoms with E-state index in [1.165, 1.54) is 42.5 Å². The van der Waals surface area contributed by atoms with E-state index in [2.05, 4.69) is 15.2 Å². The van der Waals surface area contributed by atoms with Crippen LogP contribution in [0, 0.1) is 0 Å². The van der Waals surface area contributed by atoms with Crippen molar-refractivity contribution < 1.29 is 36.2 Å². The Balaban J connectivity index is 1.79. The summed E-state index contributed by atoms with van der Waals surface area (Å²) in [5, 5.41) is 5.87. The van der Waals surface area contributed by atoms with Crippen molar-refractivity contribution in [1.29, 1.82) is 0 Å². The number of benzene rings is 2. The molecule has 0 aliphatic rings. The van der Waals surface area contributed by atoms with Gasteiger partial charge in [0, 0.05) is 6.07 Å². The first-order valence-corrected chi connectivity index (χ1v) is 8.91. The number of ether oxygens (including phenoxy) is 2. The van der Waals surface area contributed by atoms with Crippen LogP contribution in [0.15, 0.2) is 54.6 Å². The van der Waals surface area contributed by atoms with Gasteiger partial charge in [0.2, 0.25) is 5.88 Å². The van der Waals surface area contributed by atoms with Gasteiger partial charge in [-0.3, -0.25) is 4.79 Å². The molecular weight excluding hydrogens is 449 g/mol. The molecule has 1 heterocycles. The third-order valence-corrected chi connectivity index (χ3v) is 4.10. The van der Waals surface area contributed by atoms with Crippen LogP contribution < -0.4 is 14.8 Å². The van der Waals surface area contributed by atoms with Crippen molar-refractivity contribution in [3.05, 3.63) is 65.3 Å². The Morgan fingerprint density at radius 1 is 1.13 bits per heavy atom. The van der Waals surface area contributed by atoms with E-state index in [0.717, 1.165) is 4.68 Å². The second kappa shape index (κ2) is 9.21. The molecule has 6 nitrogen and oxygen atoms in total. The highest BCUT2D eigenvalue weighted by Gasteiger charge is 2.36. The van der Waals surface area contributed by atoms with Crippen LogP contribution in [-0.4, -0.2) is 28.9 Å². The minimum absolute atomic E-state index is 0.0630. The van der Waals surface area contributed by atoms with E-state index in [4.69, 9.17) is 16.3 Å². The Morgan fingerprint density at radius 3 is 2.48 bits per heavy atom. The van der Waals surface area contributed by atoms with Crippen LogP contribution in [0.4, 0.5) is 27.6 Å². The van der Waals surface area contributed by atoms with Crippen LogP contribution >= 0.6 is 11.6 Å². The first-order valence-electron chi connectivity index (χ1n) is 8.54. The molecule has 0 unspecified atom stereocenters. The molecule has 0 spiro atoms. The Labute approximate surface area is 177 Å². The number of nitrogens with one attached hydrogen (secondary N) is 1. The summed E-state index contributed by atoms with van der Waals surface area (Å²) in [6.07, 6.45) is -4.77. The largest absolute Gasteiger partial charge is 0.467 e. The summed E-state index contributed by atoms with van der Waals surface area (Å²) in [6, 6.07) is 12.0. The summed E-state index contributed by atoms with van der Waals surface area (Å²) >= 11 is 6.03. The number of amides is 1. The number of nitrogens with zero attached hydrogens (tertiary/aromatic N) is 2. The molecule has 3 aromatic rings. The van der Waals surface area contributed by atoms with E-state index in [1.807, 2.05) is 0 Å². The Hall–Kier alpha value is -3.34. The first-order chi connectivity index (χ1) is 14.6. The van der Waals surface area contributed by atoms with Crippen LogP contribution in [0.2, 0.25) is 5.02 Å². The maximum absolute atomic E-state index is 13.1. The smallest absolute Gasteiger partial charge is 0.435 e. The van der Waals surface area contributed by atoms with Gasteiger partial charge in [0.05, 0.1) is 16.4 Å². The van der Waals surface area contributed by atoms with Crippen LogP contribution in [0.5, 0.6) is 11.6 Å². The van der Waals surface area contributed by atoms with Gasteiger partial charge in [-0.15, -0.1) is 0 Å². The Kier molecular flexibility index (Phi) is 6.64. The SMILES string of the molecule is O=C(COc1cc(C(F)(F)F)nn1-c1ccccc1Cl)Nc1ccccc1OC(F)F. The minimum Gasteiger partial charge on any atom is -0.467 e. The number of halogens is 6. The normalized spacial score (nSPS) is 11.5. The van der Waals surface area contributed by atoms with E-state index in [1.54, 1.807) is 6.07 Å². The minimum atomic E-state index is -4.77. The van der Waals surface area contributed by atoms with Crippen LogP contribution in [0.25, 0.3) is 5.69 Å². The summed E-state index contributed by atoms with van der Waals surface area (Å²) in [7, 11) is 0. The van der Waals surface area contributed by atoms with Crippen molar-refractivity contribution in [3.63, 3.8) is 0 Å². The van der Waals surface area contributed by atoms with Crippen molar-refractivity contribution in [2.24, 2.45) is 0 Å². The number of carbonyl (C=O) groups is 1. The Morgan fingerprint density at radius 2 is 1.81 bits per heavy atom. The third-order valence-electron chi connectivity index (χ3n) is 3.78. The van der Waals surface area contributed by atoms with Crippen LogP contribution in [-0.2, 0) is 11.0 Å². The first kappa shape index (κ1) is 22.3. The van der Waals surface area contributed by atoms with Crippen molar-refractivity contribution in [2.75, 3.05) is 11.9 Å². The van der Waals surface area contributed by atoms with Crippen molar-refractivity contribution in [3.8, 4) is 17.3 Å². The number of hydrogen-bond donors (Lipinski definition) is 1. The van der Waals surface area contributed by atoms with Gasteiger partial charge in [0.1, 0.15) is 5.75 Å². The molecule has 164 valence electrons. The molecule has 12 heteroatoms. The lowest BCUT2D eigenvalue weighted by Gasteiger charge is -2.13. The van der Waals surface area contributed by atoms with E-state index in [-0.39, 0.29) is 22.1 Å².